The molecule has 3 heteroatoms. The van der Waals surface area contributed by atoms with Crippen LogP contribution in [-0.4, -0.2) is 6.66 Å². The fourth-order valence-electron chi connectivity index (χ4n) is 3.61. The third-order valence-corrected chi connectivity index (χ3v) is 12.5. The minimum atomic E-state index is -0.315. The van der Waals surface area contributed by atoms with E-state index in [0.717, 1.165) is 17.2 Å². The van der Waals surface area contributed by atoms with Crippen LogP contribution in [0.1, 0.15) is 74.8 Å². The van der Waals surface area contributed by atoms with Crippen molar-refractivity contribution in [3.63, 3.8) is 0 Å². The van der Waals surface area contributed by atoms with Gasteiger partial charge >= 0.3 is 92.4 Å². The molecule has 1 nitrogen and oxygen atoms in total. The Bertz CT molecular complexity index is 888. The van der Waals surface area contributed by atoms with E-state index in [4.69, 9.17) is 4.74 Å². The number of rotatable bonds is 5. The molecule has 0 saturated heterocycles. The molecule has 0 aliphatic heterocycles. The maximum absolute atomic E-state index is 5.79. The van der Waals surface area contributed by atoms with Crippen molar-refractivity contribution in [1.82, 2.24) is 0 Å². The molecule has 0 bridgehead atoms. The van der Waals surface area contributed by atoms with Crippen molar-refractivity contribution in [3.05, 3.63) is 74.9 Å². The van der Waals surface area contributed by atoms with Crippen LogP contribution in [0.15, 0.2) is 69.4 Å². The second kappa shape index (κ2) is 11.9. The van der Waals surface area contributed by atoms with Crippen molar-refractivity contribution in [1.29, 1.82) is 0 Å². The van der Waals surface area contributed by atoms with Gasteiger partial charge in [0.1, 0.15) is 5.75 Å². The van der Waals surface area contributed by atoms with Crippen molar-refractivity contribution in [2.24, 2.45) is 11.3 Å². The standard InChI is InChI=1S/C18H26O.C9H13.C2H7Si.Ti/c1-8-14(17(2,3)4)13-19-16-11-9-10-15(12-16)18(5,6)7;1-6-5-7(2)9(4)8(6)3;1-3-2;/h8-13H,1H2,2-7H3;6H,1-4H3;3H,1-2H3;. The monoisotopic (exact) mass is 486 g/mol. The van der Waals surface area contributed by atoms with Gasteiger partial charge in [-0.25, -0.2) is 0 Å². The summed E-state index contributed by atoms with van der Waals surface area (Å²) in [6.07, 6.45) is 3.66. The third-order valence-electron chi connectivity index (χ3n) is 6.19. The summed E-state index contributed by atoms with van der Waals surface area (Å²) in [6, 6.07) is 8.25. The first-order valence-corrected chi connectivity index (χ1v) is 18.2. The summed E-state index contributed by atoms with van der Waals surface area (Å²) in [5.74, 6) is 1.66. The topological polar surface area (TPSA) is 9.23 Å². The molecule has 0 fully saturated rings. The number of ether oxygens (including phenoxy) is 1. The predicted octanol–water partition coefficient (Wildman–Crippen LogP) is 8.79. The minimum absolute atomic E-state index is 0.0450. The van der Waals surface area contributed by atoms with E-state index in [0.29, 0.717) is 0 Å². The number of hydrogen-bond acceptors (Lipinski definition) is 1. The van der Waals surface area contributed by atoms with Crippen molar-refractivity contribution in [2.45, 2.75) is 87.7 Å². The van der Waals surface area contributed by atoms with Crippen LogP contribution in [0.2, 0.25) is 13.1 Å². The molecular weight excluding hydrogens is 440 g/mol. The Morgan fingerprint density at radius 1 is 1.03 bits per heavy atom. The van der Waals surface area contributed by atoms with Crippen molar-refractivity contribution in [3.8, 4) is 5.75 Å². The van der Waals surface area contributed by atoms with Crippen LogP contribution in [0.4, 0.5) is 0 Å². The molecule has 0 N–H and O–H groups in total. The number of benzene rings is 1. The molecular formula is C29H46OSiTi. The van der Waals surface area contributed by atoms with Gasteiger partial charge in [-0.15, -0.1) is 0 Å². The van der Waals surface area contributed by atoms with Gasteiger partial charge in [0.2, 0.25) is 0 Å². The molecule has 176 valence electrons. The summed E-state index contributed by atoms with van der Waals surface area (Å²) in [7, 11) is 0. The Kier molecular flexibility index (Phi) is 10.7. The molecule has 1 atom stereocenters. The molecule has 1 aromatic rings. The van der Waals surface area contributed by atoms with Crippen LogP contribution < -0.4 is 4.74 Å². The van der Waals surface area contributed by atoms with Crippen LogP contribution in [0.5, 0.6) is 5.75 Å². The maximum atomic E-state index is 5.79. The number of hydrogen-bond donors (Lipinski definition) is 0. The van der Waals surface area contributed by atoms with Gasteiger partial charge in [0, 0.05) is 0 Å². The molecule has 0 heterocycles. The predicted molar refractivity (Wildman–Crippen MR) is 143 cm³/mol. The summed E-state index contributed by atoms with van der Waals surface area (Å²) in [5.41, 5.74) is 7.40. The zero-order valence-corrected chi connectivity index (χ0v) is 25.5. The summed E-state index contributed by atoms with van der Waals surface area (Å²) < 4.78 is 7.65. The molecule has 1 aliphatic rings. The molecule has 32 heavy (non-hydrogen) atoms. The Labute approximate surface area is 208 Å². The second-order valence-electron chi connectivity index (χ2n) is 11.3. The van der Waals surface area contributed by atoms with Crippen molar-refractivity contribution in [2.75, 3.05) is 0 Å². The Morgan fingerprint density at radius 2 is 1.62 bits per heavy atom. The Balaban J connectivity index is 0.000000343. The quantitative estimate of drug-likeness (QED) is 0.230. The van der Waals surface area contributed by atoms with Crippen LogP contribution in [0, 0.1) is 11.3 Å². The summed E-state index contributed by atoms with van der Waals surface area (Å²) in [6.45, 7) is 30.9. The molecule has 0 aromatic heterocycles. The van der Waals surface area contributed by atoms with Crippen LogP contribution in [-0.2, 0) is 23.8 Å². The fraction of sp³-hybridized carbons (Fsp3) is 0.517. The zero-order chi connectivity index (χ0) is 24.9. The van der Waals surface area contributed by atoms with Gasteiger partial charge in [-0.2, -0.15) is 0 Å². The van der Waals surface area contributed by atoms with Gasteiger partial charge in [0.05, 0.1) is 6.26 Å². The third kappa shape index (κ3) is 8.36. The fourth-order valence-corrected chi connectivity index (χ4v) is 10.4. The normalized spacial score (nSPS) is 17.4. The molecule has 0 saturated carbocycles. The molecule has 1 unspecified atom stereocenters. The molecule has 0 amide bonds. The van der Waals surface area contributed by atoms with E-state index in [-0.39, 0.29) is 35.9 Å². The van der Waals surface area contributed by atoms with E-state index in [1.807, 2.05) is 22.1 Å². The van der Waals surface area contributed by atoms with Gasteiger partial charge < -0.3 is 4.74 Å². The van der Waals surface area contributed by atoms with Crippen molar-refractivity contribution < 1.29 is 23.1 Å². The molecule has 0 spiro atoms. The SMILES string of the molecule is C=CC(=COc1cccc(C(C)(C)C)c1)C(C)(C)C.CC1=C(C)C(C)[C]([Ti][SiH](C)C)=C1C. The van der Waals surface area contributed by atoms with E-state index in [1.54, 1.807) is 23.0 Å². The molecule has 1 aromatic carbocycles. The number of allylic oxidation sites excluding steroid dienone is 6. The zero-order valence-electron chi connectivity index (χ0n) is 22.7. The first kappa shape index (κ1) is 28.9. The summed E-state index contributed by atoms with van der Waals surface area (Å²) in [5, 5.41) is 0. The van der Waals surface area contributed by atoms with Gasteiger partial charge in [0.25, 0.3) is 0 Å². The molecule has 2 rings (SSSR count). The molecule has 0 radical (unpaired) electrons. The average molecular weight is 487 g/mol. The van der Waals surface area contributed by atoms with E-state index < -0.39 is 0 Å². The van der Waals surface area contributed by atoms with Gasteiger partial charge in [-0.05, 0) is 34.1 Å². The average Bonchev–Trinajstić information content (AvgIpc) is 2.85. The van der Waals surface area contributed by atoms with E-state index in [9.17, 15) is 0 Å². The summed E-state index contributed by atoms with van der Waals surface area (Å²) >= 11 is 0.267. The van der Waals surface area contributed by atoms with Crippen LogP contribution in [0.25, 0.3) is 0 Å². The van der Waals surface area contributed by atoms with E-state index in [1.165, 1.54) is 5.56 Å². The Morgan fingerprint density at radius 3 is 2.03 bits per heavy atom. The van der Waals surface area contributed by atoms with E-state index in [2.05, 4.69) is 101 Å². The van der Waals surface area contributed by atoms with Gasteiger partial charge in [0.15, 0.2) is 0 Å². The summed E-state index contributed by atoms with van der Waals surface area (Å²) in [4.78, 5) is 0. The van der Waals surface area contributed by atoms with Crippen LogP contribution in [0.3, 0.4) is 0 Å². The van der Waals surface area contributed by atoms with Crippen LogP contribution >= 0.6 is 0 Å². The Hall–Kier alpha value is -1.09. The van der Waals surface area contributed by atoms with Crippen molar-refractivity contribution >= 4 is 6.66 Å². The first-order valence-electron chi connectivity index (χ1n) is 11.8. The first-order chi connectivity index (χ1) is 14.6. The van der Waals surface area contributed by atoms with Gasteiger partial charge in [-0.3, -0.25) is 0 Å². The van der Waals surface area contributed by atoms with E-state index >= 15 is 0 Å². The molecule has 1 aliphatic carbocycles. The van der Waals surface area contributed by atoms with Gasteiger partial charge in [-0.1, -0.05) is 66.3 Å². The second-order valence-corrected chi connectivity index (χ2v) is 21.5.